The zero-order valence-corrected chi connectivity index (χ0v) is 19.8. The number of halogens is 1. The van der Waals surface area contributed by atoms with Crippen LogP contribution in [0.4, 0.5) is 15.8 Å². The molecule has 1 heterocycles. The van der Waals surface area contributed by atoms with E-state index in [4.69, 9.17) is 5.73 Å². The van der Waals surface area contributed by atoms with Crippen molar-refractivity contribution in [3.63, 3.8) is 0 Å². The Bertz CT molecular complexity index is 1410. The SMILES string of the molecule is Nc1ccc(-c2ccc(F)cc2)cc1NC(=O)c1ccc([SH]2(=O)CC[C@H](c3ccccc3)N2)cc1. The lowest BCUT2D eigenvalue weighted by Gasteiger charge is -2.21. The van der Waals surface area contributed by atoms with Gasteiger partial charge in [-0.2, -0.15) is 0 Å². The van der Waals surface area contributed by atoms with Gasteiger partial charge in [0.05, 0.1) is 11.4 Å². The Labute approximate surface area is 204 Å². The molecule has 4 aromatic rings. The fourth-order valence-electron chi connectivity index (χ4n) is 4.36. The summed E-state index contributed by atoms with van der Waals surface area (Å²) in [5, 5.41) is 2.85. The van der Waals surface area contributed by atoms with E-state index in [0.717, 1.165) is 23.1 Å². The molecule has 1 aliphatic rings. The molecule has 4 aromatic carbocycles. The zero-order chi connectivity index (χ0) is 24.4. The summed E-state index contributed by atoms with van der Waals surface area (Å²) >= 11 is 0. The van der Waals surface area contributed by atoms with Crippen molar-refractivity contribution in [2.24, 2.45) is 0 Å². The molecule has 35 heavy (non-hydrogen) atoms. The van der Waals surface area contributed by atoms with Gasteiger partial charge in [0.1, 0.15) is 5.82 Å². The maximum Gasteiger partial charge on any atom is 0.255 e. The summed E-state index contributed by atoms with van der Waals surface area (Å²) in [7, 11) is -2.74. The van der Waals surface area contributed by atoms with Crippen LogP contribution < -0.4 is 15.8 Å². The highest BCUT2D eigenvalue weighted by atomic mass is 32.3. The molecule has 1 saturated heterocycles. The number of nitrogens with two attached hydrogens (primary N) is 1. The third kappa shape index (κ3) is 4.87. The molecular weight excluding hydrogens is 461 g/mol. The molecule has 1 fully saturated rings. The van der Waals surface area contributed by atoms with Gasteiger partial charge in [0, 0.05) is 22.3 Å². The number of rotatable bonds is 5. The molecule has 1 aliphatic heterocycles. The standard InChI is InChI=1S/C28H26FN3O2S/c29-23-11-6-19(7-12-23)22-10-15-25(30)27(18-22)31-28(33)21-8-13-24(14-9-21)35(34)17-16-26(32-35)20-4-2-1-3-5-20/h1-15,18,26,35H,16-17,30H2,(H,31,33)(H,32,34)/t26-/m1/s1. The van der Waals surface area contributed by atoms with Gasteiger partial charge in [-0.05, 0) is 81.8 Å². The Balaban J connectivity index is 1.30. The molecule has 0 aromatic heterocycles. The van der Waals surface area contributed by atoms with E-state index < -0.39 is 10.1 Å². The highest BCUT2D eigenvalue weighted by Crippen LogP contribution is 2.33. The molecule has 0 aliphatic carbocycles. The maximum atomic E-state index is 13.6. The maximum absolute atomic E-state index is 13.6. The van der Waals surface area contributed by atoms with E-state index in [1.165, 1.54) is 12.1 Å². The first-order valence-corrected chi connectivity index (χ1v) is 13.3. The van der Waals surface area contributed by atoms with Crippen LogP contribution in [0.15, 0.2) is 102 Å². The van der Waals surface area contributed by atoms with Gasteiger partial charge in [-0.25, -0.2) is 9.11 Å². The van der Waals surface area contributed by atoms with Crippen LogP contribution in [0.25, 0.3) is 11.1 Å². The van der Waals surface area contributed by atoms with E-state index in [1.807, 2.05) is 36.4 Å². The lowest BCUT2D eigenvalue weighted by atomic mass is 10.0. The van der Waals surface area contributed by atoms with E-state index in [9.17, 15) is 13.4 Å². The molecule has 5 nitrogen and oxygen atoms in total. The van der Waals surface area contributed by atoms with E-state index in [0.29, 0.717) is 27.6 Å². The van der Waals surface area contributed by atoms with Crippen molar-refractivity contribution in [3.8, 4) is 11.1 Å². The number of nitrogens with one attached hydrogen (secondary N) is 2. The van der Waals surface area contributed by atoms with Crippen molar-refractivity contribution in [2.75, 3.05) is 16.8 Å². The van der Waals surface area contributed by atoms with E-state index >= 15 is 0 Å². The minimum Gasteiger partial charge on any atom is -0.397 e. The molecule has 1 atom stereocenters. The molecule has 4 N–H and O–H groups in total. The minimum atomic E-state index is -2.74. The number of benzene rings is 4. The van der Waals surface area contributed by atoms with Gasteiger partial charge in [0.15, 0.2) is 0 Å². The summed E-state index contributed by atoms with van der Waals surface area (Å²) in [6, 6.07) is 28.4. The zero-order valence-electron chi connectivity index (χ0n) is 18.9. The Morgan fingerprint density at radius 3 is 2.31 bits per heavy atom. The molecule has 0 unspecified atom stereocenters. The number of carbonyl (C=O) groups is 1. The molecule has 0 saturated carbocycles. The van der Waals surface area contributed by atoms with Crippen LogP contribution in [0.1, 0.15) is 28.4 Å². The molecular formula is C28H26FN3O2S. The van der Waals surface area contributed by atoms with Crippen molar-refractivity contribution in [1.82, 2.24) is 4.72 Å². The minimum absolute atomic E-state index is 0.0568. The highest BCUT2D eigenvalue weighted by Gasteiger charge is 2.30. The van der Waals surface area contributed by atoms with Crippen LogP contribution in [0.5, 0.6) is 0 Å². The van der Waals surface area contributed by atoms with Crippen molar-refractivity contribution in [2.45, 2.75) is 17.4 Å². The van der Waals surface area contributed by atoms with Crippen LogP contribution in [0, 0.1) is 5.82 Å². The first-order valence-electron chi connectivity index (χ1n) is 11.4. The van der Waals surface area contributed by atoms with Gasteiger partial charge in [-0.15, -0.1) is 0 Å². The predicted octanol–water partition coefficient (Wildman–Crippen LogP) is 5.35. The van der Waals surface area contributed by atoms with Gasteiger partial charge in [0.25, 0.3) is 5.91 Å². The lowest BCUT2D eigenvalue weighted by molar-refractivity contribution is 0.102. The predicted molar refractivity (Wildman–Crippen MR) is 140 cm³/mol. The average molecular weight is 488 g/mol. The number of nitrogen functional groups attached to an aromatic ring is 1. The molecule has 5 rings (SSSR count). The third-order valence-corrected chi connectivity index (χ3v) is 9.07. The number of amides is 1. The second-order valence-electron chi connectivity index (χ2n) is 8.65. The summed E-state index contributed by atoms with van der Waals surface area (Å²) in [6.07, 6.45) is 0.799. The monoisotopic (exact) mass is 487 g/mol. The summed E-state index contributed by atoms with van der Waals surface area (Å²) in [4.78, 5) is 13.6. The third-order valence-electron chi connectivity index (χ3n) is 6.32. The molecule has 0 bridgehead atoms. The fourth-order valence-corrected chi connectivity index (χ4v) is 6.93. The largest absolute Gasteiger partial charge is 0.397 e. The van der Waals surface area contributed by atoms with Crippen molar-refractivity contribution in [3.05, 3.63) is 114 Å². The number of hydrogen-bond donors (Lipinski definition) is 4. The van der Waals surface area contributed by atoms with Gasteiger partial charge < -0.3 is 11.1 Å². The Hall–Kier alpha value is -3.81. The Kier molecular flexibility index (Phi) is 6.19. The van der Waals surface area contributed by atoms with E-state index in [1.54, 1.807) is 48.5 Å². The van der Waals surface area contributed by atoms with Crippen molar-refractivity contribution in [1.29, 1.82) is 0 Å². The first kappa shape index (κ1) is 23.0. The smallest absolute Gasteiger partial charge is 0.255 e. The summed E-state index contributed by atoms with van der Waals surface area (Å²) in [6.45, 7) is 0. The van der Waals surface area contributed by atoms with Gasteiger partial charge >= 0.3 is 0 Å². The van der Waals surface area contributed by atoms with Crippen LogP contribution >= 0.6 is 0 Å². The molecule has 7 heteroatoms. The van der Waals surface area contributed by atoms with Crippen molar-refractivity contribution >= 4 is 27.4 Å². The number of thiol groups is 1. The van der Waals surface area contributed by atoms with Gasteiger partial charge in [0.2, 0.25) is 0 Å². The van der Waals surface area contributed by atoms with Crippen molar-refractivity contribution < 1.29 is 13.4 Å². The Morgan fingerprint density at radius 2 is 1.60 bits per heavy atom. The average Bonchev–Trinajstić information content (AvgIpc) is 3.30. The fraction of sp³-hybridized carbons (Fsp3) is 0.107. The van der Waals surface area contributed by atoms with Crippen LogP contribution in [0.3, 0.4) is 0 Å². The van der Waals surface area contributed by atoms with E-state index in [2.05, 4.69) is 10.0 Å². The van der Waals surface area contributed by atoms with Gasteiger partial charge in [-0.1, -0.05) is 48.5 Å². The molecule has 0 radical (unpaired) electrons. The number of carbonyl (C=O) groups excluding carboxylic acids is 1. The molecule has 1 amide bonds. The second kappa shape index (κ2) is 9.44. The molecule has 0 spiro atoms. The normalized spacial score (nSPS) is 17.6. The first-order chi connectivity index (χ1) is 16.9. The summed E-state index contributed by atoms with van der Waals surface area (Å²) < 4.78 is 30.1. The second-order valence-corrected chi connectivity index (χ2v) is 11.4. The van der Waals surface area contributed by atoms with Crippen LogP contribution in [0.2, 0.25) is 0 Å². The summed E-state index contributed by atoms with van der Waals surface area (Å²) in [5.74, 6) is -0.0589. The summed E-state index contributed by atoms with van der Waals surface area (Å²) in [5.41, 5.74) is 10.2. The number of hydrogen-bond acceptors (Lipinski definition) is 3. The number of anilines is 2. The van der Waals surface area contributed by atoms with E-state index in [-0.39, 0.29) is 17.8 Å². The van der Waals surface area contributed by atoms with Gasteiger partial charge in [-0.3, -0.25) is 9.00 Å². The Morgan fingerprint density at radius 1 is 0.914 bits per heavy atom. The topological polar surface area (TPSA) is 84.2 Å². The highest BCUT2D eigenvalue weighted by molar-refractivity contribution is 8.01. The van der Waals surface area contributed by atoms with Crippen LogP contribution in [-0.4, -0.2) is 15.9 Å². The molecule has 178 valence electrons. The quantitative estimate of drug-likeness (QED) is 0.226. The van der Waals surface area contributed by atoms with Crippen LogP contribution in [-0.2, 0) is 10.1 Å². The lowest BCUT2D eigenvalue weighted by Crippen LogP contribution is -2.28.